The number of fused-ring (bicyclic) bond motifs is 9. The van der Waals surface area contributed by atoms with Crippen LogP contribution in [-0.2, 0) is 0 Å². The van der Waals surface area contributed by atoms with E-state index in [9.17, 15) is 0 Å². The molecule has 0 N–H and O–H groups in total. The largest absolute Gasteiger partial charge is 0.455 e. The molecular formula is C48H29NOS2. The third-order valence-corrected chi connectivity index (χ3v) is 12.6. The Morgan fingerprint density at radius 3 is 1.92 bits per heavy atom. The van der Waals surface area contributed by atoms with E-state index in [2.05, 4.69) is 169 Å². The fraction of sp³-hybridized carbons (Fsp3) is 0. The van der Waals surface area contributed by atoms with Crippen LogP contribution < -0.4 is 4.90 Å². The minimum Gasteiger partial charge on any atom is -0.455 e. The first-order chi connectivity index (χ1) is 25.8. The van der Waals surface area contributed by atoms with Crippen molar-refractivity contribution in [2.24, 2.45) is 0 Å². The number of rotatable bonds is 5. The molecular weight excluding hydrogens is 671 g/mol. The van der Waals surface area contributed by atoms with E-state index in [1.54, 1.807) is 0 Å². The zero-order valence-electron chi connectivity index (χ0n) is 27.9. The Morgan fingerprint density at radius 1 is 0.385 bits per heavy atom. The number of nitrogens with zero attached hydrogens (tertiary/aromatic N) is 1. The minimum absolute atomic E-state index is 0.908. The van der Waals surface area contributed by atoms with Crippen molar-refractivity contribution in [3.63, 3.8) is 0 Å². The molecule has 0 aliphatic rings. The number of hydrogen-bond acceptors (Lipinski definition) is 4. The Balaban J connectivity index is 1.09. The highest BCUT2D eigenvalue weighted by atomic mass is 32.1. The summed E-state index contributed by atoms with van der Waals surface area (Å²) in [6, 6.07) is 63.7. The second-order valence-corrected chi connectivity index (χ2v) is 15.4. The highest BCUT2D eigenvalue weighted by Crippen LogP contribution is 2.46. The van der Waals surface area contributed by atoms with Crippen molar-refractivity contribution < 1.29 is 4.42 Å². The second-order valence-electron chi connectivity index (χ2n) is 13.3. The van der Waals surface area contributed by atoms with Crippen LogP contribution in [0, 0.1) is 0 Å². The van der Waals surface area contributed by atoms with Gasteiger partial charge in [-0.3, -0.25) is 0 Å². The molecule has 0 unspecified atom stereocenters. The van der Waals surface area contributed by atoms with E-state index >= 15 is 0 Å². The zero-order valence-corrected chi connectivity index (χ0v) is 29.5. The van der Waals surface area contributed by atoms with Crippen molar-refractivity contribution in [1.82, 2.24) is 0 Å². The molecule has 244 valence electrons. The van der Waals surface area contributed by atoms with Gasteiger partial charge in [-0.05, 0) is 83.4 Å². The van der Waals surface area contributed by atoms with Crippen molar-refractivity contribution in [2.45, 2.75) is 0 Å². The van der Waals surface area contributed by atoms with Crippen molar-refractivity contribution in [1.29, 1.82) is 0 Å². The third-order valence-electron chi connectivity index (χ3n) is 10.3. The van der Waals surface area contributed by atoms with Gasteiger partial charge in [0.15, 0.2) is 0 Å². The molecule has 0 atom stereocenters. The van der Waals surface area contributed by atoms with Gasteiger partial charge in [0, 0.05) is 68.1 Å². The summed E-state index contributed by atoms with van der Waals surface area (Å²) < 4.78 is 11.7. The molecule has 52 heavy (non-hydrogen) atoms. The Hall–Kier alpha value is -6.20. The summed E-state index contributed by atoms with van der Waals surface area (Å²) in [6.45, 7) is 0. The Labute approximate surface area is 308 Å². The predicted molar refractivity (Wildman–Crippen MR) is 225 cm³/mol. The summed E-state index contributed by atoms with van der Waals surface area (Å²) in [7, 11) is 0. The topological polar surface area (TPSA) is 16.4 Å². The monoisotopic (exact) mass is 699 g/mol. The summed E-state index contributed by atoms with van der Waals surface area (Å²) in [5.41, 5.74) is 9.80. The highest BCUT2D eigenvalue weighted by Gasteiger charge is 2.20. The number of hydrogen-bond donors (Lipinski definition) is 0. The number of anilines is 3. The molecule has 0 fully saturated rings. The lowest BCUT2D eigenvalue weighted by Gasteiger charge is -2.27. The fourth-order valence-electron chi connectivity index (χ4n) is 7.87. The van der Waals surface area contributed by atoms with Crippen molar-refractivity contribution >= 4 is 102 Å². The van der Waals surface area contributed by atoms with Gasteiger partial charge in [-0.1, -0.05) is 109 Å². The molecule has 0 spiro atoms. The lowest BCUT2D eigenvalue weighted by molar-refractivity contribution is 0.670. The van der Waals surface area contributed by atoms with Crippen molar-refractivity contribution in [3.8, 4) is 22.3 Å². The molecule has 0 aliphatic heterocycles. The SMILES string of the molecule is c1cc(-c2cccc3c2oc2ccccc23)cc(N(c2ccc(-c3ccc4sc5ccccc5c4c3)cc2)c2cccc3sc4ccccc4c23)c1. The average molecular weight is 700 g/mol. The van der Waals surface area contributed by atoms with E-state index in [1.165, 1.54) is 51.5 Å². The van der Waals surface area contributed by atoms with Crippen LogP contribution in [0.3, 0.4) is 0 Å². The lowest BCUT2D eigenvalue weighted by atomic mass is 10.00. The predicted octanol–water partition coefficient (Wildman–Crippen LogP) is 15.1. The normalized spacial score (nSPS) is 11.8. The van der Waals surface area contributed by atoms with E-state index < -0.39 is 0 Å². The number of benzene rings is 8. The molecule has 2 nitrogen and oxygen atoms in total. The molecule has 11 aromatic rings. The van der Waals surface area contributed by atoms with Gasteiger partial charge in [0.05, 0.1) is 5.69 Å². The summed E-state index contributed by atoms with van der Waals surface area (Å²) >= 11 is 3.71. The van der Waals surface area contributed by atoms with Crippen molar-refractivity contribution in [2.75, 3.05) is 4.90 Å². The van der Waals surface area contributed by atoms with Gasteiger partial charge in [-0.15, -0.1) is 22.7 Å². The van der Waals surface area contributed by atoms with Crippen LogP contribution in [0.1, 0.15) is 0 Å². The highest BCUT2D eigenvalue weighted by molar-refractivity contribution is 7.26. The van der Waals surface area contributed by atoms with Crippen LogP contribution >= 0.6 is 22.7 Å². The van der Waals surface area contributed by atoms with Gasteiger partial charge >= 0.3 is 0 Å². The van der Waals surface area contributed by atoms with E-state index in [0.717, 1.165) is 50.1 Å². The molecule has 4 heteroatoms. The first-order valence-corrected chi connectivity index (χ1v) is 19.1. The molecule has 8 aromatic carbocycles. The van der Waals surface area contributed by atoms with E-state index in [4.69, 9.17) is 4.42 Å². The lowest BCUT2D eigenvalue weighted by Crippen LogP contribution is -2.10. The molecule has 0 saturated carbocycles. The standard InChI is InChI=1S/C48H29NOS2/c1-4-18-42-36(12-1)38-16-8-15-35(48(38)50-42)32-10-7-11-34(28-32)49(41-17-9-21-46-47(41)39-14-3-6-20-44(39)52-46)33-25-22-30(23-26-33)31-24-27-45-40(29-31)37-13-2-5-19-43(37)51-45/h1-29H. The Bertz CT molecular complexity index is 3150. The molecule has 0 amide bonds. The van der Waals surface area contributed by atoms with Gasteiger partial charge < -0.3 is 9.32 Å². The zero-order chi connectivity index (χ0) is 34.2. The second kappa shape index (κ2) is 11.7. The number of furan rings is 1. The van der Waals surface area contributed by atoms with Crippen LogP contribution in [0.25, 0.3) is 84.5 Å². The van der Waals surface area contributed by atoms with Gasteiger partial charge in [-0.25, -0.2) is 0 Å². The van der Waals surface area contributed by atoms with E-state index in [0.29, 0.717) is 0 Å². The van der Waals surface area contributed by atoms with Gasteiger partial charge in [0.1, 0.15) is 11.2 Å². The third kappa shape index (κ3) is 4.62. The van der Waals surface area contributed by atoms with Crippen LogP contribution in [-0.4, -0.2) is 0 Å². The Morgan fingerprint density at radius 2 is 1.04 bits per heavy atom. The quantitative estimate of drug-likeness (QED) is 0.178. The maximum Gasteiger partial charge on any atom is 0.143 e. The van der Waals surface area contributed by atoms with Crippen molar-refractivity contribution in [3.05, 3.63) is 176 Å². The molecule has 0 radical (unpaired) electrons. The first kappa shape index (κ1) is 29.5. The summed E-state index contributed by atoms with van der Waals surface area (Å²) in [4.78, 5) is 2.42. The maximum absolute atomic E-state index is 6.49. The van der Waals surface area contributed by atoms with Crippen LogP contribution in [0.2, 0.25) is 0 Å². The molecule has 0 bridgehead atoms. The first-order valence-electron chi connectivity index (χ1n) is 17.5. The molecule has 0 aliphatic carbocycles. The smallest absolute Gasteiger partial charge is 0.143 e. The molecule has 3 aromatic heterocycles. The summed E-state index contributed by atoms with van der Waals surface area (Å²) in [6.07, 6.45) is 0. The minimum atomic E-state index is 0.908. The van der Waals surface area contributed by atoms with Gasteiger partial charge in [0.2, 0.25) is 0 Å². The summed E-state index contributed by atoms with van der Waals surface area (Å²) in [5.74, 6) is 0. The van der Waals surface area contributed by atoms with Crippen LogP contribution in [0.15, 0.2) is 180 Å². The molecule has 0 saturated heterocycles. The van der Waals surface area contributed by atoms with Gasteiger partial charge in [0.25, 0.3) is 0 Å². The molecule has 3 heterocycles. The average Bonchev–Trinajstić information content (AvgIpc) is 3.90. The van der Waals surface area contributed by atoms with Gasteiger partial charge in [-0.2, -0.15) is 0 Å². The number of para-hydroxylation sites is 2. The number of thiophene rings is 2. The van der Waals surface area contributed by atoms with E-state index in [1.807, 2.05) is 34.8 Å². The van der Waals surface area contributed by atoms with E-state index in [-0.39, 0.29) is 0 Å². The van der Waals surface area contributed by atoms with Crippen LogP contribution in [0.4, 0.5) is 17.1 Å². The summed E-state index contributed by atoms with van der Waals surface area (Å²) in [5, 5.41) is 7.46. The fourth-order valence-corrected chi connectivity index (χ4v) is 10.1. The van der Waals surface area contributed by atoms with Crippen LogP contribution in [0.5, 0.6) is 0 Å². The Kier molecular flexibility index (Phi) is 6.63. The maximum atomic E-state index is 6.49. The molecule has 11 rings (SSSR count).